The van der Waals surface area contributed by atoms with E-state index in [0.29, 0.717) is 30.0 Å². The van der Waals surface area contributed by atoms with E-state index in [-0.39, 0.29) is 23.0 Å². The Balaban J connectivity index is 0.000000918. The Morgan fingerprint density at radius 1 is 0.867 bits per heavy atom. The number of carbonyl (C=O) groups is 3. The lowest BCUT2D eigenvalue weighted by molar-refractivity contribution is -0.159. The summed E-state index contributed by atoms with van der Waals surface area (Å²) >= 11 is 0. The van der Waals surface area contributed by atoms with Gasteiger partial charge in [-0.05, 0) is 105 Å². The van der Waals surface area contributed by atoms with Crippen molar-refractivity contribution < 1.29 is 53.4 Å². The first-order valence-electron chi connectivity index (χ1n) is 14.1. The van der Waals surface area contributed by atoms with Crippen LogP contribution in [0.3, 0.4) is 0 Å². The summed E-state index contributed by atoms with van der Waals surface area (Å²) in [5.41, 5.74) is 0.534. The number of benzene rings is 3. The van der Waals surface area contributed by atoms with Gasteiger partial charge in [0.1, 0.15) is 23.0 Å². The number of aliphatic hydroxyl groups is 1. The lowest BCUT2D eigenvalue weighted by Crippen LogP contribution is -2.44. The number of anilines is 1. The van der Waals surface area contributed by atoms with Gasteiger partial charge in [-0.2, -0.15) is 0 Å². The number of halogens is 2. The van der Waals surface area contributed by atoms with Gasteiger partial charge in [0.15, 0.2) is 0 Å². The summed E-state index contributed by atoms with van der Waals surface area (Å²) in [4.78, 5) is 32.0. The number of carboxylic acid groups (broad SMARTS) is 2. The molecule has 0 spiro atoms. The van der Waals surface area contributed by atoms with Crippen LogP contribution in [0.2, 0.25) is 0 Å². The molecule has 1 fully saturated rings. The molecular formula is C32H38F2N2O9. The molecule has 6 N–H and O–H groups in total. The summed E-state index contributed by atoms with van der Waals surface area (Å²) in [5.74, 6) is -3.74. The number of piperidine rings is 1. The van der Waals surface area contributed by atoms with E-state index in [0.717, 1.165) is 44.6 Å². The molecule has 1 aliphatic rings. The fraction of sp³-hybridized carbons (Fsp3) is 0.344. The summed E-state index contributed by atoms with van der Waals surface area (Å²) in [6.45, 7) is 5.10. The fourth-order valence-corrected chi connectivity index (χ4v) is 5.02. The Hall–Kier alpha value is -4.59. The molecular weight excluding hydrogens is 594 g/mol. The number of carboxylic acids is 2. The molecule has 11 nitrogen and oxygen atoms in total. The maximum absolute atomic E-state index is 13.6. The number of amides is 1. The second-order valence-corrected chi connectivity index (χ2v) is 10.1. The van der Waals surface area contributed by atoms with Gasteiger partial charge in [-0.15, -0.1) is 0 Å². The van der Waals surface area contributed by atoms with Gasteiger partial charge < -0.3 is 35.2 Å². The van der Waals surface area contributed by atoms with Crippen molar-refractivity contribution in [3.8, 4) is 5.75 Å². The SMILES string of the molecule is CCOC(=O)Nc1ccc(OCCCN2CCC(C(O)(c3ccc(F)cc3)c3ccc(F)cc3)CC2)cc1.O.O=C(O)C(=O)O. The van der Waals surface area contributed by atoms with Gasteiger partial charge in [0.05, 0.1) is 13.2 Å². The summed E-state index contributed by atoms with van der Waals surface area (Å²) in [6.07, 6.45) is 1.86. The zero-order chi connectivity index (χ0) is 32.1. The van der Waals surface area contributed by atoms with Gasteiger partial charge in [0, 0.05) is 12.2 Å². The molecule has 0 aliphatic carbocycles. The van der Waals surface area contributed by atoms with Crippen LogP contribution in [0.1, 0.15) is 37.3 Å². The smallest absolute Gasteiger partial charge is 0.414 e. The van der Waals surface area contributed by atoms with Gasteiger partial charge in [-0.1, -0.05) is 24.3 Å². The molecule has 244 valence electrons. The highest BCUT2D eigenvalue weighted by Crippen LogP contribution is 2.42. The highest BCUT2D eigenvalue weighted by Gasteiger charge is 2.41. The standard InChI is InChI=1S/C30H34F2N2O4.C2H2O4.H2O/c1-2-37-29(35)33-27-12-14-28(15-13-27)38-21-3-18-34-19-16-24(17-20-34)30(36,22-4-8-25(31)9-5-22)23-6-10-26(32)11-7-23;3-1(4)2(5)6;/h4-15,24,36H,2-3,16-21H2,1H3,(H,33,35);(H,3,4)(H,5,6);1H2. The number of ether oxygens (including phenoxy) is 2. The summed E-state index contributed by atoms with van der Waals surface area (Å²) in [5, 5.41) is 29.4. The number of hydrogen-bond acceptors (Lipinski definition) is 7. The van der Waals surface area contributed by atoms with Gasteiger partial charge >= 0.3 is 18.0 Å². The lowest BCUT2D eigenvalue weighted by atomic mass is 9.72. The molecule has 3 aromatic carbocycles. The first-order valence-corrected chi connectivity index (χ1v) is 14.1. The Kier molecular flexibility index (Phi) is 14.3. The van der Waals surface area contributed by atoms with E-state index in [1.807, 2.05) is 0 Å². The third-order valence-electron chi connectivity index (χ3n) is 7.19. The molecule has 0 radical (unpaired) electrons. The van der Waals surface area contributed by atoms with Crippen LogP contribution in [0.25, 0.3) is 0 Å². The largest absolute Gasteiger partial charge is 0.494 e. The third-order valence-corrected chi connectivity index (χ3v) is 7.19. The Bertz CT molecular complexity index is 1310. The topological polar surface area (TPSA) is 177 Å². The highest BCUT2D eigenvalue weighted by molar-refractivity contribution is 6.27. The molecule has 1 heterocycles. The Morgan fingerprint density at radius 3 is 1.80 bits per heavy atom. The van der Waals surface area contributed by atoms with Crippen molar-refractivity contribution in [1.82, 2.24) is 4.90 Å². The number of carbonyl (C=O) groups excluding carboxylic acids is 1. The van der Waals surface area contributed by atoms with Crippen molar-refractivity contribution in [2.45, 2.75) is 31.8 Å². The predicted molar refractivity (Wildman–Crippen MR) is 161 cm³/mol. The quantitative estimate of drug-likeness (QED) is 0.188. The van der Waals surface area contributed by atoms with Crippen molar-refractivity contribution in [1.29, 1.82) is 0 Å². The van der Waals surface area contributed by atoms with E-state index in [1.165, 1.54) is 24.3 Å². The van der Waals surface area contributed by atoms with Crippen LogP contribution in [0, 0.1) is 17.6 Å². The zero-order valence-corrected chi connectivity index (χ0v) is 24.7. The normalized spacial score (nSPS) is 13.4. The molecule has 1 aliphatic heterocycles. The molecule has 1 amide bonds. The molecule has 4 rings (SSSR count). The molecule has 0 aromatic heterocycles. The Labute approximate surface area is 259 Å². The average molecular weight is 633 g/mol. The van der Waals surface area contributed by atoms with Crippen LogP contribution < -0.4 is 10.1 Å². The average Bonchev–Trinajstić information content (AvgIpc) is 3.01. The minimum atomic E-state index is -1.82. The maximum atomic E-state index is 13.6. The van der Waals surface area contributed by atoms with E-state index < -0.39 is 23.6 Å². The van der Waals surface area contributed by atoms with Crippen LogP contribution in [0.5, 0.6) is 5.75 Å². The van der Waals surface area contributed by atoms with Crippen LogP contribution in [0.4, 0.5) is 19.3 Å². The van der Waals surface area contributed by atoms with Crippen LogP contribution in [-0.2, 0) is 19.9 Å². The number of likely N-dealkylation sites (tertiary alicyclic amines) is 1. The fourth-order valence-electron chi connectivity index (χ4n) is 5.02. The van der Waals surface area contributed by atoms with E-state index in [1.54, 1.807) is 55.5 Å². The Morgan fingerprint density at radius 2 is 1.36 bits per heavy atom. The first-order chi connectivity index (χ1) is 21.0. The summed E-state index contributed by atoms with van der Waals surface area (Å²) < 4.78 is 37.9. The van der Waals surface area contributed by atoms with Crippen LogP contribution >= 0.6 is 0 Å². The second kappa shape index (κ2) is 17.6. The van der Waals surface area contributed by atoms with Gasteiger partial charge in [0.25, 0.3) is 0 Å². The minimum Gasteiger partial charge on any atom is -0.494 e. The summed E-state index contributed by atoms with van der Waals surface area (Å²) in [7, 11) is 0. The van der Waals surface area contributed by atoms with E-state index in [2.05, 4.69) is 10.2 Å². The van der Waals surface area contributed by atoms with Gasteiger partial charge in [-0.25, -0.2) is 23.2 Å². The van der Waals surface area contributed by atoms with Crippen LogP contribution in [-0.4, -0.2) is 76.6 Å². The minimum absolute atomic E-state index is 0. The molecule has 0 unspecified atom stereocenters. The molecule has 0 saturated carbocycles. The first kappa shape index (κ1) is 36.6. The molecule has 0 atom stereocenters. The van der Waals surface area contributed by atoms with E-state index in [4.69, 9.17) is 29.3 Å². The monoisotopic (exact) mass is 632 g/mol. The second-order valence-electron chi connectivity index (χ2n) is 10.1. The summed E-state index contributed by atoms with van der Waals surface area (Å²) in [6, 6.07) is 19.0. The number of rotatable bonds is 10. The number of nitrogens with one attached hydrogen (secondary N) is 1. The molecule has 13 heteroatoms. The molecule has 0 bridgehead atoms. The molecule has 1 saturated heterocycles. The predicted octanol–water partition coefficient (Wildman–Crippen LogP) is 4.28. The van der Waals surface area contributed by atoms with Crippen molar-refractivity contribution in [2.24, 2.45) is 5.92 Å². The van der Waals surface area contributed by atoms with Crippen LogP contribution in [0.15, 0.2) is 72.8 Å². The number of aliphatic carboxylic acids is 2. The van der Waals surface area contributed by atoms with Crippen molar-refractivity contribution in [3.63, 3.8) is 0 Å². The highest BCUT2D eigenvalue weighted by atomic mass is 19.1. The lowest BCUT2D eigenvalue weighted by Gasteiger charge is -2.42. The van der Waals surface area contributed by atoms with Gasteiger partial charge in [0.2, 0.25) is 0 Å². The van der Waals surface area contributed by atoms with E-state index >= 15 is 0 Å². The van der Waals surface area contributed by atoms with Crippen molar-refractivity contribution in [3.05, 3.63) is 95.6 Å². The van der Waals surface area contributed by atoms with Crippen molar-refractivity contribution in [2.75, 3.05) is 38.2 Å². The molecule has 3 aromatic rings. The maximum Gasteiger partial charge on any atom is 0.414 e. The number of nitrogens with zero attached hydrogens (tertiary/aromatic N) is 1. The zero-order valence-electron chi connectivity index (χ0n) is 24.7. The third kappa shape index (κ3) is 10.8. The number of hydrogen-bond donors (Lipinski definition) is 4. The van der Waals surface area contributed by atoms with Gasteiger partial charge in [-0.3, -0.25) is 5.32 Å². The van der Waals surface area contributed by atoms with Crippen molar-refractivity contribution >= 4 is 23.7 Å². The molecule has 45 heavy (non-hydrogen) atoms. The van der Waals surface area contributed by atoms with E-state index in [9.17, 15) is 18.7 Å².